The molecule has 4 aromatic carbocycles. The number of aryl methyl sites for hydroxylation is 2. The fourth-order valence-electron chi connectivity index (χ4n) is 8.02. The molecular formula is C40H48N4O4S2. The van der Waals surface area contributed by atoms with Crippen LogP contribution in [0.4, 0.5) is 11.4 Å². The zero-order chi connectivity index (χ0) is 35.2. The zero-order valence-corrected chi connectivity index (χ0v) is 31.0. The van der Waals surface area contributed by atoms with Gasteiger partial charge in [0.1, 0.15) is 0 Å². The lowest BCUT2D eigenvalue weighted by Gasteiger charge is -2.16. The molecule has 0 radical (unpaired) electrons. The summed E-state index contributed by atoms with van der Waals surface area (Å²) < 4.78 is 52.1. The fraction of sp³-hybridized carbons (Fsp3) is 0.400. The van der Waals surface area contributed by atoms with Crippen molar-refractivity contribution in [3.8, 4) is 0 Å². The topological polar surface area (TPSA) is 98.8 Å². The summed E-state index contributed by atoms with van der Waals surface area (Å²) >= 11 is 0. The molecule has 8 rings (SSSR count). The first kappa shape index (κ1) is 34.7. The Morgan fingerprint density at radius 2 is 0.960 bits per heavy atom. The van der Waals surface area contributed by atoms with Crippen LogP contribution >= 0.6 is 0 Å². The van der Waals surface area contributed by atoms with Crippen LogP contribution < -0.4 is 10.6 Å². The summed E-state index contributed by atoms with van der Waals surface area (Å²) in [5.41, 5.74) is 6.53. The molecule has 0 bridgehead atoms. The summed E-state index contributed by atoms with van der Waals surface area (Å²) in [6.07, 6.45) is 4.32. The fourth-order valence-corrected chi connectivity index (χ4v) is 10.7. The molecule has 8 nitrogen and oxygen atoms in total. The first-order chi connectivity index (χ1) is 23.9. The van der Waals surface area contributed by atoms with Gasteiger partial charge in [-0.2, -0.15) is 0 Å². The second-order valence-electron chi connectivity index (χ2n) is 14.6. The molecular weight excluding hydrogens is 665 g/mol. The smallest absolute Gasteiger partial charge is 0.206 e. The molecule has 4 atom stereocenters. The standard InChI is InChI=1S/2C20H24N2O2S/c1-14-3-5-15(6-4-14)25(23,24)16-7-8-19-18(13-16)17-9-11-22(2)12-10-20(17)21-19;1-14-4-3-5-15(12-14)25(23,24)16-6-7-19-18(13-16)17-8-10-22(2)11-9-20(17)21-19/h3-8,13,17,20-21H,9-12H2,1-2H3;3-7,12-13,17,20-21H,8-11H2,1-2H3/t2*17-,20-/m11/s1. The van der Waals surface area contributed by atoms with E-state index in [0.717, 1.165) is 85.5 Å². The van der Waals surface area contributed by atoms with Gasteiger partial charge >= 0.3 is 0 Å². The Hall–Kier alpha value is -3.70. The first-order valence-corrected chi connectivity index (χ1v) is 20.7. The quantitative estimate of drug-likeness (QED) is 0.237. The molecule has 10 heteroatoms. The molecule has 2 fully saturated rings. The molecule has 0 saturated carbocycles. The van der Waals surface area contributed by atoms with Crippen molar-refractivity contribution in [2.24, 2.45) is 0 Å². The van der Waals surface area contributed by atoms with E-state index in [4.69, 9.17) is 0 Å². The third-order valence-corrected chi connectivity index (χ3v) is 14.6. The van der Waals surface area contributed by atoms with Crippen LogP contribution in [-0.4, -0.2) is 79.0 Å². The van der Waals surface area contributed by atoms with Crippen LogP contribution in [0.3, 0.4) is 0 Å². The second kappa shape index (κ2) is 13.8. The minimum atomic E-state index is -3.48. The van der Waals surface area contributed by atoms with E-state index in [1.807, 2.05) is 56.3 Å². The number of rotatable bonds is 4. The number of hydrogen-bond donors (Lipinski definition) is 2. The highest BCUT2D eigenvalue weighted by molar-refractivity contribution is 7.91. The van der Waals surface area contributed by atoms with Crippen LogP contribution in [0.15, 0.2) is 105 Å². The van der Waals surface area contributed by atoms with E-state index in [9.17, 15) is 16.8 Å². The van der Waals surface area contributed by atoms with Gasteiger partial charge in [0.2, 0.25) is 19.7 Å². The number of likely N-dealkylation sites (tertiary alicyclic amines) is 2. The minimum Gasteiger partial charge on any atom is -0.381 e. The average Bonchev–Trinajstić information content (AvgIpc) is 3.50. The molecule has 2 N–H and O–H groups in total. The summed E-state index contributed by atoms with van der Waals surface area (Å²) in [6, 6.07) is 26.2. The third kappa shape index (κ3) is 6.83. The summed E-state index contributed by atoms with van der Waals surface area (Å²) in [5.74, 6) is 0.792. The van der Waals surface area contributed by atoms with Crippen LogP contribution in [0.2, 0.25) is 0 Å². The van der Waals surface area contributed by atoms with E-state index in [1.165, 1.54) is 0 Å². The second-order valence-corrected chi connectivity index (χ2v) is 18.5. The lowest BCUT2D eigenvalue weighted by Crippen LogP contribution is -2.22. The van der Waals surface area contributed by atoms with E-state index < -0.39 is 19.7 Å². The number of hydrogen-bond acceptors (Lipinski definition) is 8. The summed E-state index contributed by atoms with van der Waals surface area (Å²) in [4.78, 5) is 6.24. The Labute approximate surface area is 297 Å². The van der Waals surface area contributed by atoms with Gasteiger partial charge in [-0.15, -0.1) is 0 Å². The van der Waals surface area contributed by atoms with Crippen LogP contribution in [0.5, 0.6) is 0 Å². The van der Waals surface area contributed by atoms with Crippen molar-refractivity contribution in [2.75, 3.05) is 50.9 Å². The third-order valence-electron chi connectivity index (χ3n) is 11.0. The summed E-state index contributed by atoms with van der Waals surface area (Å²) in [6.45, 7) is 8.14. The molecule has 2 saturated heterocycles. The molecule has 0 aliphatic carbocycles. The molecule has 0 spiro atoms. The van der Waals surface area contributed by atoms with Crippen LogP contribution in [0.1, 0.15) is 59.8 Å². The highest BCUT2D eigenvalue weighted by Crippen LogP contribution is 2.43. The highest BCUT2D eigenvalue weighted by atomic mass is 32.2. The molecule has 0 amide bonds. The normalized spacial score (nSPS) is 23.4. The van der Waals surface area contributed by atoms with Crippen LogP contribution in [0, 0.1) is 13.8 Å². The van der Waals surface area contributed by atoms with E-state index in [0.29, 0.717) is 43.5 Å². The van der Waals surface area contributed by atoms with Crippen molar-refractivity contribution in [1.82, 2.24) is 9.80 Å². The van der Waals surface area contributed by atoms with Crippen molar-refractivity contribution < 1.29 is 16.8 Å². The van der Waals surface area contributed by atoms with Gasteiger partial charge in [0.05, 0.1) is 19.6 Å². The summed E-state index contributed by atoms with van der Waals surface area (Å²) in [5, 5.41) is 7.20. The molecule has 4 aromatic rings. The van der Waals surface area contributed by atoms with Crippen LogP contribution in [0.25, 0.3) is 0 Å². The number of fused-ring (bicyclic) bond motifs is 6. The Morgan fingerprint density at radius 3 is 1.46 bits per heavy atom. The number of nitrogens with zero attached hydrogens (tertiary/aromatic N) is 2. The molecule has 264 valence electrons. The predicted molar refractivity (Wildman–Crippen MR) is 200 cm³/mol. The van der Waals surface area contributed by atoms with Crippen molar-refractivity contribution in [2.45, 2.75) is 83.0 Å². The number of nitrogens with one attached hydrogen (secondary N) is 2. The molecule has 0 unspecified atom stereocenters. The monoisotopic (exact) mass is 712 g/mol. The Morgan fingerprint density at radius 1 is 0.520 bits per heavy atom. The van der Waals surface area contributed by atoms with Crippen molar-refractivity contribution >= 4 is 31.0 Å². The van der Waals surface area contributed by atoms with Gasteiger partial charge in [0, 0.05) is 35.3 Å². The van der Waals surface area contributed by atoms with Gasteiger partial charge in [-0.1, -0.05) is 29.8 Å². The van der Waals surface area contributed by atoms with Gasteiger partial charge in [-0.05, 0) is 157 Å². The maximum Gasteiger partial charge on any atom is 0.206 e. The number of benzene rings is 4. The first-order valence-electron chi connectivity index (χ1n) is 17.7. The largest absolute Gasteiger partial charge is 0.381 e. The van der Waals surface area contributed by atoms with Gasteiger partial charge in [0.15, 0.2) is 0 Å². The summed E-state index contributed by atoms with van der Waals surface area (Å²) in [7, 11) is -2.65. The SMILES string of the molecule is Cc1ccc(S(=O)(=O)c2ccc3c(c2)[C@H]2CCN(C)CC[C@H]2N3)cc1.Cc1cccc(S(=O)(=O)c2ccc3c(c2)[C@H]2CCN(C)CC[C@H]2N3)c1. The van der Waals surface area contributed by atoms with E-state index in [1.54, 1.807) is 42.5 Å². The van der Waals surface area contributed by atoms with E-state index in [2.05, 4.69) is 34.5 Å². The Balaban J connectivity index is 0.000000157. The minimum absolute atomic E-state index is 0.362. The van der Waals surface area contributed by atoms with E-state index in [-0.39, 0.29) is 0 Å². The molecule has 0 aromatic heterocycles. The maximum atomic E-state index is 13.0. The number of sulfone groups is 2. The van der Waals surface area contributed by atoms with Gasteiger partial charge in [0.25, 0.3) is 0 Å². The molecule has 4 heterocycles. The Kier molecular flexibility index (Phi) is 9.58. The molecule has 4 aliphatic heterocycles. The van der Waals surface area contributed by atoms with Gasteiger partial charge in [-0.3, -0.25) is 0 Å². The maximum absolute atomic E-state index is 13.0. The van der Waals surface area contributed by atoms with Crippen LogP contribution in [-0.2, 0) is 19.7 Å². The average molecular weight is 713 g/mol. The van der Waals surface area contributed by atoms with Crippen molar-refractivity contribution in [3.05, 3.63) is 107 Å². The Bertz CT molecular complexity index is 2100. The van der Waals surface area contributed by atoms with Gasteiger partial charge < -0.3 is 20.4 Å². The van der Waals surface area contributed by atoms with Gasteiger partial charge in [-0.25, -0.2) is 16.8 Å². The molecule has 4 aliphatic rings. The lowest BCUT2D eigenvalue weighted by atomic mass is 9.91. The zero-order valence-electron chi connectivity index (χ0n) is 29.4. The highest BCUT2D eigenvalue weighted by Gasteiger charge is 2.36. The van der Waals surface area contributed by atoms with Crippen molar-refractivity contribution in [1.29, 1.82) is 0 Å². The predicted octanol–water partition coefficient (Wildman–Crippen LogP) is 6.86. The van der Waals surface area contributed by atoms with E-state index >= 15 is 0 Å². The number of anilines is 2. The van der Waals surface area contributed by atoms with Crippen molar-refractivity contribution in [3.63, 3.8) is 0 Å². The molecule has 50 heavy (non-hydrogen) atoms. The lowest BCUT2D eigenvalue weighted by molar-refractivity contribution is 0.346.